The molecule has 0 aliphatic carbocycles. The fraction of sp³-hybridized carbons (Fsp3) is 0.364. The molecule has 0 unspecified atom stereocenters. The highest BCUT2D eigenvalue weighted by Gasteiger charge is 2.19. The number of halogens is 1. The van der Waals surface area contributed by atoms with Gasteiger partial charge in [0, 0.05) is 17.3 Å². The molecule has 0 radical (unpaired) electrons. The number of anilines is 1. The van der Waals surface area contributed by atoms with Gasteiger partial charge in [0.05, 0.1) is 4.90 Å². The number of amides is 2. The number of hydrogen-bond donors (Lipinski definition) is 3. The highest BCUT2D eigenvalue weighted by atomic mass is 35.5. The zero-order valence-electron chi connectivity index (χ0n) is 10.7. The summed E-state index contributed by atoms with van der Waals surface area (Å²) in [6.07, 6.45) is 0.705. The van der Waals surface area contributed by atoms with E-state index >= 15 is 0 Å². The first-order valence-corrected chi connectivity index (χ1v) is 7.50. The van der Waals surface area contributed by atoms with Crippen LogP contribution in [0.1, 0.15) is 18.9 Å². The third-order valence-electron chi connectivity index (χ3n) is 2.43. The number of benzene rings is 1. The second-order valence-corrected chi connectivity index (χ2v) is 6.07. The number of nitrogens with one attached hydrogen (secondary N) is 2. The quantitative estimate of drug-likeness (QED) is 0.736. The van der Waals surface area contributed by atoms with Crippen LogP contribution in [0.3, 0.4) is 0 Å². The Morgan fingerprint density at radius 3 is 2.58 bits per heavy atom. The molecule has 4 N–H and O–H groups in total. The molecule has 8 heteroatoms. The summed E-state index contributed by atoms with van der Waals surface area (Å²) in [6, 6.07) is 1.73. The van der Waals surface area contributed by atoms with Crippen molar-refractivity contribution in [3.05, 3.63) is 22.7 Å². The minimum Gasteiger partial charge on any atom is -0.398 e. The maximum absolute atomic E-state index is 11.9. The number of rotatable bonds is 4. The molecule has 0 bridgehead atoms. The number of urea groups is 1. The van der Waals surface area contributed by atoms with E-state index in [2.05, 4.69) is 5.32 Å². The highest BCUT2D eigenvalue weighted by Crippen LogP contribution is 2.25. The van der Waals surface area contributed by atoms with Crippen LogP contribution in [-0.4, -0.2) is 21.0 Å². The van der Waals surface area contributed by atoms with Gasteiger partial charge in [-0.2, -0.15) is 0 Å². The SMILES string of the molecule is CCCNC(=O)NS(=O)(=O)c1cc(N)c(C)c(Cl)c1. The molecule has 0 aliphatic heterocycles. The van der Waals surface area contributed by atoms with Crippen LogP contribution in [-0.2, 0) is 10.0 Å². The molecule has 0 atom stereocenters. The van der Waals surface area contributed by atoms with Gasteiger partial charge in [0.25, 0.3) is 10.0 Å². The van der Waals surface area contributed by atoms with E-state index in [4.69, 9.17) is 17.3 Å². The molecule has 6 nitrogen and oxygen atoms in total. The van der Waals surface area contributed by atoms with Crippen LogP contribution in [0, 0.1) is 6.92 Å². The van der Waals surface area contributed by atoms with Gasteiger partial charge in [-0.05, 0) is 31.0 Å². The van der Waals surface area contributed by atoms with Crippen LogP contribution in [0.4, 0.5) is 10.5 Å². The summed E-state index contributed by atoms with van der Waals surface area (Å²) >= 11 is 5.87. The Kier molecular flexibility index (Phi) is 5.02. The Labute approximate surface area is 117 Å². The Bertz CT molecular complexity index is 564. The van der Waals surface area contributed by atoms with Crippen LogP contribution in [0.25, 0.3) is 0 Å². The van der Waals surface area contributed by atoms with E-state index in [9.17, 15) is 13.2 Å². The number of sulfonamides is 1. The number of nitrogen functional groups attached to an aromatic ring is 1. The van der Waals surface area contributed by atoms with Crippen molar-refractivity contribution >= 4 is 33.3 Å². The molecule has 1 aromatic carbocycles. The number of nitrogens with two attached hydrogens (primary N) is 1. The van der Waals surface area contributed by atoms with Crippen molar-refractivity contribution in [1.82, 2.24) is 10.0 Å². The summed E-state index contributed by atoms with van der Waals surface area (Å²) in [5.41, 5.74) is 6.50. The molecule has 19 heavy (non-hydrogen) atoms. The summed E-state index contributed by atoms with van der Waals surface area (Å²) in [5.74, 6) is 0. The predicted molar refractivity (Wildman–Crippen MR) is 74.6 cm³/mol. The van der Waals surface area contributed by atoms with Gasteiger partial charge in [-0.25, -0.2) is 17.9 Å². The van der Waals surface area contributed by atoms with Crippen molar-refractivity contribution in [3.63, 3.8) is 0 Å². The lowest BCUT2D eigenvalue weighted by Crippen LogP contribution is -2.39. The van der Waals surface area contributed by atoms with Gasteiger partial charge in [0.1, 0.15) is 0 Å². The summed E-state index contributed by atoms with van der Waals surface area (Å²) < 4.78 is 25.8. The average Bonchev–Trinajstić information content (AvgIpc) is 2.32. The van der Waals surface area contributed by atoms with E-state index < -0.39 is 16.1 Å². The van der Waals surface area contributed by atoms with Crippen molar-refractivity contribution < 1.29 is 13.2 Å². The number of hydrogen-bond acceptors (Lipinski definition) is 4. The zero-order chi connectivity index (χ0) is 14.6. The lowest BCUT2D eigenvalue weighted by Gasteiger charge is -2.10. The van der Waals surface area contributed by atoms with Gasteiger partial charge in [0.2, 0.25) is 0 Å². The largest absolute Gasteiger partial charge is 0.398 e. The smallest absolute Gasteiger partial charge is 0.328 e. The van der Waals surface area contributed by atoms with Gasteiger partial charge < -0.3 is 11.1 Å². The van der Waals surface area contributed by atoms with Crippen molar-refractivity contribution in [2.24, 2.45) is 0 Å². The van der Waals surface area contributed by atoms with E-state index in [0.29, 0.717) is 18.5 Å². The van der Waals surface area contributed by atoms with Crippen LogP contribution in [0.5, 0.6) is 0 Å². The molecule has 0 saturated heterocycles. The third kappa shape index (κ3) is 4.00. The summed E-state index contributed by atoms with van der Waals surface area (Å²) in [4.78, 5) is 11.2. The zero-order valence-corrected chi connectivity index (χ0v) is 12.2. The summed E-state index contributed by atoms with van der Waals surface area (Å²) in [5, 5.41) is 2.64. The Morgan fingerprint density at radius 2 is 2.05 bits per heavy atom. The van der Waals surface area contributed by atoms with Gasteiger partial charge in [-0.1, -0.05) is 18.5 Å². The third-order valence-corrected chi connectivity index (χ3v) is 4.13. The first-order valence-electron chi connectivity index (χ1n) is 5.64. The second-order valence-electron chi connectivity index (χ2n) is 3.98. The Morgan fingerprint density at radius 1 is 1.42 bits per heavy atom. The molecule has 0 fully saturated rings. The average molecular weight is 306 g/mol. The first kappa shape index (κ1) is 15.6. The summed E-state index contributed by atoms with van der Waals surface area (Å²) in [6.45, 7) is 3.92. The number of carbonyl (C=O) groups excluding carboxylic acids is 1. The van der Waals surface area contributed by atoms with Crippen LogP contribution >= 0.6 is 11.6 Å². The fourth-order valence-electron chi connectivity index (χ4n) is 1.28. The second kappa shape index (κ2) is 6.12. The normalized spacial score (nSPS) is 11.1. The maximum Gasteiger partial charge on any atom is 0.328 e. The van der Waals surface area contributed by atoms with E-state index in [0.717, 1.165) is 0 Å². The molecular formula is C11H16ClN3O3S. The first-order chi connectivity index (χ1) is 8.77. The van der Waals surface area contributed by atoms with Gasteiger partial charge in [-0.3, -0.25) is 0 Å². The lowest BCUT2D eigenvalue weighted by atomic mass is 10.2. The monoisotopic (exact) mass is 305 g/mol. The van der Waals surface area contributed by atoms with Crippen molar-refractivity contribution in [2.45, 2.75) is 25.2 Å². The maximum atomic E-state index is 11.9. The lowest BCUT2D eigenvalue weighted by molar-refractivity contribution is 0.246. The van der Waals surface area contributed by atoms with Gasteiger partial charge in [-0.15, -0.1) is 0 Å². The van der Waals surface area contributed by atoms with Crippen LogP contribution < -0.4 is 15.8 Å². The standard InChI is InChI=1S/C11H16ClN3O3S/c1-3-4-14-11(16)15-19(17,18)8-5-9(12)7(2)10(13)6-8/h5-6H,3-4,13H2,1-2H3,(H2,14,15,16). The molecule has 0 heterocycles. The minimum atomic E-state index is -3.98. The molecule has 2 amide bonds. The highest BCUT2D eigenvalue weighted by molar-refractivity contribution is 7.90. The van der Waals surface area contributed by atoms with Gasteiger partial charge >= 0.3 is 6.03 Å². The van der Waals surface area contributed by atoms with Crippen molar-refractivity contribution in [3.8, 4) is 0 Å². The number of carbonyl (C=O) groups is 1. The van der Waals surface area contributed by atoms with Crippen molar-refractivity contribution in [1.29, 1.82) is 0 Å². The predicted octanol–water partition coefficient (Wildman–Crippen LogP) is 1.63. The van der Waals surface area contributed by atoms with E-state index in [1.807, 2.05) is 11.6 Å². The van der Waals surface area contributed by atoms with Gasteiger partial charge in [0.15, 0.2) is 0 Å². The van der Waals surface area contributed by atoms with Crippen LogP contribution in [0.15, 0.2) is 17.0 Å². The molecule has 0 spiro atoms. The molecule has 1 rings (SSSR count). The Hall–Kier alpha value is -1.47. The molecule has 0 aliphatic rings. The minimum absolute atomic E-state index is 0.146. The van der Waals surface area contributed by atoms with Crippen LogP contribution in [0.2, 0.25) is 5.02 Å². The van der Waals surface area contributed by atoms with Crippen molar-refractivity contribution in [2.75, 3.05) is 12.3 Å². The fourth-order valence-corrected chi connectivity index (χ4v) is 2.57. The topological polar surface area (TPSA) is 101 Å². The summed E-state index contributed by atoms with van der Waals surface area (Å²) in [7, 11) is -3.98. The molecule has 1 aromatic rings. The Balaban J connectivity index is 2.98. The van der Waals surface area contributed by atoms with E-state index in [-0.39, 0.29) is 15.6 Å². The molecule has 106 valence electrons. The molecule has 0 saturated carbocycles. The molecular weight excluding hydrogens is 290 g/mol. The van der Waals surface area contributed by atoms with E-state index in [1.54, 1.807) is 6.92 Å². The van der Waals surface area contributed by atoms with E-state index in [1.165, 1.54) is 12.1 Å². The molecule has 0 aromatic heterocycles.